The van der Waals surface area contributed by atoms with Crippen LogP contribution in [-0.2, 0) is 12.8 Å². The summed E-state index contributed by atoms with van der Waals surface area (Å²) in [6.07, 6.45) is 2.63. The van der Waals surface area contributed by atoms with Crippen LogP contribution in [0, 0.1) is 0 Å². The zero-order valence-electron chi connectivity index (χ0n) is 15.9. The highest BCUT2D eigenvalue weighted by Gasteiger charge is 2.09. The zero-order chi connectivity index (χ0) is 20.9. The van der Waals surface area contributed by atoms with Crippen molar-refractivity contribution < 1.29 is 14.4 Å². The number of rotatable bonds is 7. The Bertz CT molecular complexity index is 1190. The lowest BCUT2D eigenvalue weighted by Crippen LogP contribution is -2.25. The van der Waals surface area contributed by atoms with Gasteiger partial charge in [0, 0.05) is 19.0 Å². The van der Waals surface area contributed by atoms with Crippen LogP contribution >= 0.6 is 11.3 Å². The van der Waals surface area contributed by atoms with Crippen molar-refractivity contribution in [3.63, 3.8) is 0 Å². The highest BCUT2D eigenvalue weighted by Crippen LogP contribution is 2.24. The van der Waals surface area contributed by atoms with E-state index in [1.807, 2.05) is 42.5 Å². The minimum atomic E-state index is -0.280. The van der Waals surface area contributed by atoms with Crippen LogP contribution in [-0.4, -0.2) is 27.7 Å². The molecule has 0 unspecified atom stereocenters. The van der Waals surface area contributed by atoms with Crippen molar-refractivity contribution in [3.8, 4) is 17.0 Å². The quantitative estimate of drug-likeness (QED) is 0.424. The van der Waals surface area contributed by atoms with E-state index in [-0.39, 0.29) is 22.4 Å². The average Bonchev–Trinajstić information content (AvgIpc) is 3.39. The molecule has 7 nitrogen and oxygen atoms in total. The van der Waals surface area contributed by atoms with Gasteiger partial charge in [0.1, 0.15) is 0 Å². The van der Waals surface area contributed by atoms with Crippen LogP contribution < -0.4 is 10.2 Å². The summed E-state index contributed by atoms with van der Waals surface area (Å²) in [5, 5.41) is 16.1. The Morgan fingerprint density at radius 1 is 1.10 bits per heavy atom. The summed E-state index contributed by atoms with van der Waals surface area (Å²) >= 11 is 1.02. The molecule has 0 bridgehead atoms. The van der Waals surface area contributed by atoms with Crippen LogP contribution in [0.4, 0.5) is 0 Å². The maximum absolute atomic E-state index is 11.9. The summed E-state index contributed by atoms with van der Waals surface area (Å²) in [5.41, 5.74) is 4.26. The number of nitrogens with zero attached hydrogens (tertiary/aromatic N) is 1. The molecule has 0 fully saturated rings. The van der Waals surface area contributed by atoms with Gasteiger partial charge in [0.25, 0.3) is 5.91 Å². The number of carbonyl (C=O) groups is 1. The van der Waals surface area contributed by atoms with E-state index in [2.05, 4.69) is 21.5 Å². The first-order chi connectivity index (χ1) is 14.6. The van der Waals surface area contributed by atoms with Gasteiger partial charge in [-0.15, -0.1) is 0 Å². The van der Waals surface area contributed by atoms with Crippen LogP contribution in [0.3, 0.4) is 0 Å². The van der Waals surface area contributed by atoms with Gasteiger partial charge in [0.15, 0.2) is 0 Å². The third-order valence-corrected chi connectivity index (χ3v) is 5.51. The lowest BCUT2D eigenvalue weighted by molar-refractivity contribution is 0.0917. The SMILES string of the molecule is O=C(NCCc1cccc(-c2ccc(Cc3sc(=O)[nH]c3O)cc2)c1)c1ccno1. The molecule has 0 saturated heterocycles. The number of hydrogen-bond donors (Lipinski definition) is 3. The fraction of sp³-hybridized carbons (Fsp3) is 0.136. The van der Waals surface area contributed by atoms with Gasteiger partial charge < -0.3 is 14.9 Å². The molecule has 0 aliphatic heterocycles. The molecule has 2 heterocycles. The molecule has 2 aromatic heterocycles. The minimum Gasteiger partial charge on any atom is -0.494 e. The topological polar surface area (TPSA) is 108 Å². The highest BCUT2D eigenvalue weighted by atomic mass is 32.1. The predicted molar refractivity (Wildman–Crippen MR) is 114 cm³/mol. The third-order valence-electron chi connectivity index (χ3n) is 4.64. The predicted octanol–water partition coefficient (Wildman–Crippen LogP) is 3.36. The standard InChI is InChI=1S/C22H19N3O4S/c26-20(18-9-11-24-29-18)23-10-8-14-2-1-3-17(12-14)16-6-4-15(5-7-16)13-19-21(27)25-22(28)30-19/h1-7,9,11-12,27H,8,10,13H2,(H,23,26)(H,25,28). The summed E-state index contributed by atoms with van der Waals surface area (Å²) in [4.78, 5) is 26.0. The van der Waals surface area contributed by atoms with Gasteiger partial charge in [-0.2, -0.15) is 0 Å². The van der Waals surface area contributed by atoms with Crippen molar-refractivity contribution in [2.24, 2.45) is 0 Å². The molecule has 8 heteroatoms. The second kappa shape index (κ2) is 8.79. The van der Waals surface area contributed by atoms with Gasteiger partial charge in [0.05, 0.1) is 11.1 Å². The molecular formula is C22H19N3O4S. The Hall–Kier alpha value is -3.65. The highest BCUT2D eigenvalue weighted by molar-refractivity contribution is 7.09. The van der Waals surface area contributed by atoms with Crippen LogP contribution in [0.15, 0.2) is 70.1 Å². The number of carbonyl (C=O) groups excluding carboxylic acids is 1. The first-order valence-electron chi connectivity index (χ1n) is 9.36. The molecule has 30 heavy (non-hydrogen) atoms. The van der Waals surface area contributed by atoms with E-state index in [0.717, 1.165) is 33.6 Å². The zero-order valence-corrected chi connectivity index (χ0v) is 16.7. The minimum absolute atomic E-state index is 0.0582. The van der Waals surface area contributed by atoms with Crippen molar-refractivity contribution in [1.29, 1.82) is 0 Å². The molecular weight excluding hydrogens is 402 g/mol. The normalized spacial score (nSPS) is 10.8. The Balaban J connectivity index is 1.38. The number of H-pyrrole nitrogens is 1. The Kier molecular flexibility index (Phi) is 5.76. The molecule has 4 aromatic rings. The van der Waals surface area contributed by atoms with Gasteiger partial charge in [-0.1, -0.05) is 65.0 Å². The van der Waals surface area contributed by atoms with Gasteiger partial charge in [-0.05, 0) is 28.7 Å². The number of hydrogen-bond acceptors (Lipinski definition) is 6. The van der Waals surface area contributed by atoms with Gasteiger partial charge in [-0.3, -0.25) is 14.6 Å². The number of nitrogens with one attached hydrogen (secondary N) is 2. The summed E-state index contributed by atoms with van der Waals surface area (Å²) < 4.78 is 4.84. The number of benzene rings is 2. The summed E-state index contributed by atoms with van der Waals surface area (Å²) in [7, 11) is 0. The number of amides is 1. The van der Waals surface area contributed by atoms with Gasteiger partial charge in [-0.25, -0.2) is 0 Å². The Labute approximate surface area is 176 Å². The summed E-state index contributed by atoms with van der Waals surface area (Å²) in [6.45, 7) is 0.491. The molecule has 3 N–H and O–H groups in total. The van der Waals surface area contributed by atoms with Crippen LogP contribution in [0.2, 0.25) is 0 Å². The number of thiazole rings is 1. The van der Waals surface area contributed by atoms with E-state index < -0.39 is 0 Å². The molecule has 0 aliphatic carbocycles. The van der Waals surface area contributed by atoms with E-state index in [9.17, 15) is 14.7 Å². The largest absolute Gasteiger partial charge is 0.494 e. The van der Waals surface area contributed by atoms with Crippen LogP contribution in [0.25, 0.3) is 11.1 Å². The maximum Gasteiger partial charge on any atom is 0.307 e. The van der Waals surface area contributed by atoms with Crippen molar-refractivity contribution >= 4 is 17.2 Å². The fourth-order valence-corrected chi connectivity index (χ4v) is 3.88. The molecule has 0 saturated carbocycles. The molecule has 2 aromatic carbocycles. The maximum atomic E-state index is 11.9. The molecule has 0 aliphatic rings. The number of aromatic nitrogens is 2. The van der Waals surface area contributed by atoms with Crippen LogP contribution in [0.5, 0.6) is 5.88 Å². The van der Waals surface area contributed by atoms with Crippen LogP contribution in [0.1, 0.15) is 26.6 Å². The van der Waals surface area contributed by atoms with E-state index in [0.29, 0.717) is 24.3 Å². The van der Waals surface area contributed by atoms with E-state index in [4.69, 9.17) is 4.52 Å². The summed E-state index contributed by atoms with van der Waals surface area (Å²) in [5.74, 6) is -0.140. The summed E-state index contributed by atoms with van der Waals surface area (Å²) in [6, 6.07) is 17.7. The molecule has 1 amide bonds. The van der Waals surface area contributed by atoms with E-state index in [1.165, 1.54) is 12.3 Å². The molecule has 0 atom stereocenters. The van der Waals surface area contributed by atoms with Crippen molar-refractivity contribution in [3.05, 3.63) is 92.2 Å². The van der Waals surface area contributed by atoms with Gasteiger partial charge in [0.2, 0.25) is 11.6 Å². The average molecular weight is 421 g/mol. The van der Waals surface area contributed by atoms with Crippen molar-refractivity contribution in [2.75, 3.05) is 6.54 Å². The first kappa shape index (κ1) is 19.7. The first-order valence-corrected chi connectivity index (χ1v) is 10.2. The lowest BCUT2D eigenvalue weighted by Gasteiger charge is -2.08. The molecule has 152 valence electrons. The Morgan fingerprint density at radius 2 is 1.93 bits per heavy atom. The second-order valence-corrected chi connectivity index (χ2v) is 7.81. The molecule has 4 rings (SSSR count). The number of aromatic amines is 1. The third kappa shape index (κ3) is 4.66. The van der Waals surface area contributed by atoms with Crippen molar-refractivity contribution in [2.45, 2.75) is 12.8 Å². The van der Waals surface area contributed by atoms with Gasteiger partial charge >= 0.3 is 4.87 Å². The monoisotopic (exact) mass is 421 g/mol. The molecule has 0 radical (unpaired) electrons. The van der Waals surface area contributed by atoms with Crippen molar-refractivity contribution in [1.82, 2.24) is 15.5 Å². The smallest absolute Gasteiger partial charge is 0.307 e. The fourth-order valence-electron chi connectivity index (χ4n) is 3.12. The molecule has 0 spiro atoms. The lowest BCUT2D eigenvalue weighted by atomic mass is 10.00. The van der Waals surface area contributed by atoms with E-state index >= 15 is 0 Å². The van der Waals surface area contributed by atoms with E-state index in [1.54, 1.807) is 0 Å². The number of aromatic hydroxyl groups is 1. The second-order valence-electron chi connectivity index (χ2n) is 6.74. The Morgan fingerprint density at radius 3 is 2.63 bits per heavy atom.